The number of phenols is 2. The van der Waals surface area contributed by atoms with Crippen molar-refractivity contribution in [2.24, 2.45) is 0 Å². The minimum absolute atomic E-state index is 0. The Kier molecular flexibility index (Phi) is 9.48. The number of fused-ring (bicyclic) bond motifs is 3. The van der Waals surface area contributed by atoms with Crippen LogP contribution < -0.4 is 64.0 Å². The van der Waals surface area contributed by atoms with Gasteiger partial charge in [-0.15, -0.1) is 0 Å². The minimum Gasteiger partial charge on any atom is -0.744 e. The van der Waals surface area contributed by atoms with Gasteiger partial charge in [-0.25, -0.2) is 8.42 Å². The molecule has 0 unspecified atom stereocenters. The zero-order valence-electron chi connectivity index (χ0n) is 19.7. The summed E-state index contributed by atoms with van der Waals surface area (Å²) in [4.78, 5) is 4.65. The van der Waals surface area contributed by atoms with Gasteiger partial charge in [0.1, 0.15) is 21.6 Å². The van der Waals surface area contributed by atoms with Gasteiger partial charge in [-0.2, -0.15) is 0 Å². The van der Waals surface area contributed by atoms with Crippen LogP contribution in [0.4, 0.5) is 0 Å². The fourth-order valence-corrected chi connectivity index (χ4v) is 5.29. The van der Waals surface area contributed by atoms with Crippen LogP contribution in [0.25, 0.3) is 11.1 Å². The Morgan fingerprint density at radius 2 is 1.22 bits per heavy atom. The van der Waals surface area contributed by atoms with Gasteiger partial charge in [0.2, 0.25) is 0 Å². The van der Waals surface area contributed by atoms with Crippen LogP contribution in [0.3, 0.4) is 0 Å². The van der Waals surface area contributed by atoms with Crippen LogP contribution in [0.1, 0.15) is 22.3 Å². The Morgan fingerprint density at radius 1 is 0.730 bits per heavy atom. The molecule has 0 bridgehead atoms. The topological polar surface area (TPSA) is 125 Å². The zero-order valence-corrected chi connectivity index (χ0v) is 25.4. The van der Waals surface area contributed by atoms with Gasteiger partial charge in [-0.05, 0) is 86.9 Å². The smallest absolute Gasteiger partial charge is 0.744 e. The van der Waals surface area contributed by atoms with Gasteiger partial charge < -0.3 is 36.9 Å². The van der Waals surface area contributed by atoms with Gasteiger partial charge in [0.05, 0.1) is 10.3 Å². The van der Waals surface area contributed by atoms with E-state index in [9.17, 15) is 23.2 Å². The van der Waals surface area contributed by atoms with E-state index in [1.807, 2.05) is 0 Å². The van der Waals surface area contributed by atoms with Crippen LogP contribution in [0, 0.1) is 0 Å². The summed E-state index contributed by atoms with van der Waals surface area (Å²) in [6.07, 6.45) is 0. The molecule has 4 aromatic rings. The summed E-state index contributed by atoms with van der Waals surface area (Å²) >= 11 is 4.27. The molecular formula is C25H16Na2O8S2. The van der Waals surface area contributed by atoms with Gasteiger partial charge in [0, 0.05) is 0 Å². The van der Waals surface area contributed by atoms with E-state index in [0.29, 0.717) is 16.7 Å². The van der Waals surface area contributed by atoms with Crippen LogP contribution in [0.15, 0.2) is 89.8 Å². The molecule has 0 aromatic heterocycles. The van der Waals surface area contributed by atoms with Crippen molar-refractivity contribution in [3.05, 3.63) is 107 Å². The number of phenolic OH excluding ortho intramolecular Hbond substituents is 2. The molecule has 37 heavy (non-hydrogen) atoms. The fraction of sp³-hybridized carbons (Fsp3) is 0.0400. The standard InChI is InChI=1S/C25H18O8S2.2Na/c26-17-5-1-15(2-6-17)25(16-3-7-18(27)8-4-16)23-11-9-19(31-32-33-34)13-21(23)22-14-20(35(28,29)30)10-12-24(22)25;;/h1-14,26-27,34H,(H,28,29,30);;/q;2*+1/p-2. The van der Waals surface area contributed by atoms with E-state index in [1.54, 1.807) is 72.8 Å². The zero-order chi connectivity index (χ0) is 24.8. The number of hydrogen-bond donors (Lipinski definition) is 2. The molecule has 5 rings (SSSR count). The SMILES string of the molecule is O=S(=O)([O-])c1ccc2c(c1)-c1cc(OOO[S-])ccc1C2(c1ccc(O)cc1)c1ccc(O)cc1.[Na+].[Na+]. The van der Waals surface area contributed by atoms with E-state index in [-0.39, 0.29) is 81.3 Å². The Morgan fingerprint density at radius 3 is 1.70 bits per heavy atom. The predicted octanol–water partition coefficient (Wildman–Crippen LogP) is -1.92. The van der Waals surface area contributed by atoms with Crippen molar-refractivity contribution < 1.29 is 96.6 Å². The van der Waals surface area contributed by atoms with Crippen molar-refractivity contribution in [3.63, 3.8) is 0 Å². The molecule has 4 aromatic carbocycles. The van der Waals surface area contributed by atoms with E-state index < -0.39 is 15.5 Å². The summed E-state index contributed by atoms with van der Waals surface area (Å²) in [6.45, 7) is 0. The van der Waals surface area contributed by atoms with E-state index in [2.05, 4.69) is 22.3 Å². The Labute approximate surface area is 263 Å². The number of benzene rings is 4. The predicted molar refractivity (Wildman–Crippen MR) is 125 cm³/mol. The second-order valence-corrected chi connectivity index (χ2v) is 9.45. The number of rotatable bonds is 6. The molecule has 1 aliphatic carbocycles. The molecule has 2 N–H and O–H groups in total. The Bertz CT molecular complexity index is 1480. The van der Waals surface area contributed by atoms with E-state index in [0.717, 1.165) is 16.7 Å². The molecule has 0 radical (unpaired) electrons. The summed E-state index contributed by atoms with van der Waals surface area (Å²) < 4.78 is 39.6. The van der Waals surface area contributed by atoms with E-state index in [1.165, 1.54) is 12.1 Å². The van der Waals surface area contributed by atoms with Crippen LogP contribution in [0.2, 0.25) is 0 Å². The summed E-state index contributed by atoms with van der Waals surface area (Å²) in [7, 11) is -4.73. The van der Waals surface area contributed by atoms with Crippen molar-refractivity contribution in [1.82, 2.24) is 0 Å². The summed E-state index contributed by atoms with van der Waals surface area (Å²) in [5.41, 5.74) is 3.05. The Hall–Kier alpha value is -1.54. The molecule has 12 heteroatoms. The first-order valence-electron chi connectivity index (χ1n) is 10.2. The van der Waals surface area contributed by atoms with Crippen LogP contribution in [-0.2, 0) is 37.8 Å². The maximum absolute atomic E-state index is 11.8. The molecule has 0 amide bonds. The number of hydrogen-bond acceptors (Lipinski definition) is 9. The first kappa shape index (κ1) is 30.0. The molecule has 0 heterocycles. The summed E-state index contributed by atoms with van der Waals surface area (Å²) in [6, 6.07) is 22.5. The van der Waals surface area contributed by atoms with Crippen molar-refractivity contribution in [1.29, 1.82) is 0 Å². The van der Waals surface area contributed by atoms with Crippen molar-refractivity contribution >= 4 is 23.0 Å². The third-order valence-electron chi connectivity index (χ3n) is 6.13. The maximum atomic E-state index is 11.8. The molecule has 0 saturated heterocycles. The first-order chi connectivity index (χ1) is 16.7. The van der Waals surface area contributed by atoms with E-state index >= 15 is 0 Å². The number of aromatic hydroxyl groups is 2. The molecule has 178 valence electrons. The second kappa shape index (κ2) is 11.7. The third-order valence-corrected chi connectivity index (χ3v) is 7.01. The second-order valence-electron chi connectivity index (χ2n) is 7.93. The normalized spacial score (nSPS) is 13.0. The van der Waals surface area contributed by atoms with Crippen molar-refractivity contribution in [2.75, 3.05) is 0 Å². The van der Waals surface area contributed by atoms with Crippen LogP contribution in [-0.4, -0.2) is 23.2 Å². The molecule has 0 spiro atoms. The molecule has 1 aliphatic rings. The van der Waals surface area contributed by atoms with Crippen molar-refractivity contribution in [2.45, 2.75) is 10.3 Å². The van der Waals surface area contributed by atoms with Crippen LogP contribution >= 0.6 is 0 Å². The minimum atomic E-state index is -4.73. The quantitative estimate of drug-likeness (QED) is 0.0813. The van der Waals surface area contributed by atoms with Gasteiger partial charge in [0.25, 0.3) is 0 Å². The van der Waals surface area contributed by atoms with E-state index in [4.69, 9.17) is 4.89 Å². The molecule has 8 nitrogen and oxygen atoms in total. The van der Waals surface area contributed by atoms with Crippen molar-refractivity contribution in [3.8, 4) is 28.4 Å². The first-order valence-corrected chi connectivity index (χ1v) is 12.0. The Balaban J connectivity index is 0.00000190. The fourth-order valence-electron chi connectivity index (χ4n) is 4.76. The molecule has 0 atom stereocenters. The van der Waals surface area contributed by atoms with Gasteiger partial charge in [0.15, 0.2) is 5.75 Å². The van der Waals surface area contributed by atoms with Crippen LogP contribution in [0.5, 0.6) is 17.2 Å². The molecular weight excluding hydrogens is 538 g/mol. The average Bonchev–Trinajstić information content (AvgIpc) is 3.13. The summed E-state index contributed by atoms with van der Waals surface area (Å²) in [5.74, 6) is 0.374. The molecule has 0 saturated carbocycles. The molecule has 0 aliphatic heterocycles. The monoisotopic (exact) mass is 554 g/mol. The third kappa shape index (κ3) is 5.34. The summed E-state index contributed by atoms with van der Waals surface area (Å²) in [5, 5.41) is 24.3. The van der Waals surface area contributed by atoms with Gasteiger partial charge in [-0.1, -0.05) is 36.4 Å². The van der Waals surface area contributed by atoms with Gasteiger partial charge in [-0.3, -0.25) is 0 Å². The van der Waals surface area contributed by atoms with Gasteiger partial charge >= 0.3 is 59.1 Å². The molecule has 0 fully saturated rings. The largest absolute Gasteiger partial charge is 1.00 e. The average molecular weight is 555 g/mol. The maximum Gasteiger partial charge on any atom is 1.00 e.